The number of piperidine rings is 1. The van der Waals surface area contributed by atoms with Gasteiger partial charge in [0, 0.05) is 59.5 Å². The molecular weight excluding hydrogens is 845 g/mol. The van der Waals surface area contributed by atoms with Crippen molar-refractivity contribution in [2.75, 3.05) is 51.9 Å². The summed E-state index contributed by atoms with van der Waals surface area (Å²) >= 11 is 3.34. The third kappa shape index (κ3) is 7.91. The first-order valence-electron chi connectivity index (χ1n) is 21.2. The number of nitrogens with two attached hydrogens (primary N) is 2. The lowest BCUT2D eigenvalue weighted by atomic mass is 10.1. The maximum absolute atomic E-state index is 12.2. The first-order chi connectivity index (χ1) is 31.0. The molecule has 14 nitrogen and oxygen atoms in total. The summed E-state index contributed by atoms with van der Waals surface area (Å²) in [4.78, 5) is 47.4. The number of hydrogen-bond donors (Lipinski definition) is 2. The van der Waals surface area contributed by atoms with Gasteiger partial charge in [0.15, 0.2) is 0 Å². The average molecular weight is 897 g/mol. The summed E-state index contributed by atoms with van der Waals surface area (Å²) in [5.41, 5.74) is 18.5. The van der Waals surface area contributed by atoms with E-state index in [2.05, 4.69) is 98.8 Å². The van der Waals surface area contributed by atoms with Crippen molar-refractivity contribution in [3.05, 3.63) is 97.9 Å². The largest absolute Gasteiger partial charge is 0.495 e. The molecule has 2 aliphatic heterocycles. The average Bonchev–Trinajstić information content (AvgIpc) is 4.10. The molecule has 1 unspecified atom stereocenters. The number of rotatable bonds is 8. The number of methoxy groups -OCH3 is 2. The van der Waals surface area contributed by atoms with Gasteiger partial charge in [-0.3, -0.25) is 9.59 Å². The number of anilines is 2. The van der Waals surface area contributed by atoms with Crippen LogP contribution in [0.2, 0.25) is 0 Å². The summed E-state index contributed by atoms with van der Waals surface area (Å²) in [6, 6.07) is 13.0. The number of fused-ring (bicyclic) bond motifs is 4. The summed E-state index contributed by atoms with van der Waals surface area (Å²) in [7, 11) is 3.39. The van der Waals surface area contributed by atoms with Crippen molar-refractivity contribution in [2.45, 2.75) is 52.6 Å². The molecule has 64 heavy (non-hydrogen) atoms. The molecule has 16 heteroatoms. The topological polar surface area (TPSA) is 173 Å². The van der Waals surface area contributed by atoms with Crippen molar-refractivity contribution < 1.29 is 19.1 Å². The Bertz CT molecular complexity index is 3080. The monoisotopic (exact) mass is 896 g/mol. The van der Waals surface area contributed by atoms with E-state index in [1.165, 1.54) is 24.8 Å². The van der Waals surface area contributed by atoms with Gasteiger partial charge >= 0.3 is 0 Å². The fourth-order valence-electron chi connectivity index (χ4n) is 8.70. The molecule has 4 N–H and O–H groups in total. The van der Waals surface area contributed by atoms with E-state index in [1.54, 1.807) is 41.8 Å². The second-order valence-corrected chi connectivity index (χ2v) is 17.8. The maximum atomic E-state index is 12.2. The first kappa shape index (κ1) is 43.9. The van der Waals surface area contributed by atoms with Gasteiger partial charge in [0.05, 0.1) is 46.5 Å². The van der Waals surface area contributed by atoms with Crippen molar-refractivity contribution >= 4 is 88.4 Å². The number of carbonyl (C=O) groups is 2. The Morgan fingerprint density at radius 3 is 1.61 bits per heavy atom. The molecule has 8 aromatic rings. The Morgan fingerprint density at radius 1 is 0.688 bits per heavy atom. The van der Waals surface area contributed by atoms with Crippen molar-refractivity contribution in [1.82, 2.24) is 38.9 Å². The molecule has 0 bridgehead atoms. The second kappa shape index (κ2) is 18.1. The minimum Gasteiger partial charge on any atom is -0.495 e. The van der Waals surface area contributed by atoms with E-state index in [0.717, 1.165) is 105 Å². The van der Waals surface area contributed by atoms with Crippen LogP contribution in [0, 0.1) is 13.8 Å². The number of amides is 2. The van der Waals surface area contributed by atoms with Gasteiger partial charge in [-0.2, -0.15) is 0 Å². The SMILES string of the molecule is C=CC(=O)N1CC(n2cc(-c3cc4cc(C)cc(OC)c4s3)c3c(N)ncnc32)C1.C=CC(=O)N1CCCC(n2cc(-c3cc4cc(C)cc(OC)c4s3)c3c(N)ncnc32)C1.CC. The summed E-state index contributed by atoms with van der Waals surface area (Å²) in [5.74, 6) is 2.56. The lowest BCUT2D eigenvalue weighted by molar-refractivity contribution is -0.131. The number of ether oxygens (including phenoxy) is 2. The van der Waals surface area contributed by atoms with Crippen LogP contribution in [0.25, 0.3) is 63.1 Å². The van der Waals surface area contributed by atoms with Crippen molar-refractivity contribution in [1.29, 1.82) is 0 Å². The van der Waals surface area contributed by atoms with E-state index >= 15 is 0 Å². The van der Waals surface area contributed by atoms with Gasteiger partial charge in [-0.1, -0.05) is 39.1 Å². The second-order valence-electron chi connectivity index (χ2n) is 15.7. The van der Waals surface area contributed by atoms with Crippen LogP contribution >= 0.6 is 22.7 Å². The van der Waals surface area contributed by atoms with Crippen LogP contribution in [0.1, 0.15) is 49.9 Å². The van der Waals surface area contributed by atoms with E-state index in [0.29, 0.717) is 31.3 Å². The molecule has 1 atom stereocenters. The fraction of sp³-hybridized carbons (Fsp3) is 0.292. The van der Waals surface area contributed by atoms with Gasteiger partial charge in [-0.05, 0) is 85.0 Å². The number of nitrogen functional groups attached to an aromatic ring is 2. The summed E-state index contributed by atoms with van der Waals surface area (Å²) in [6.07, 6.45) is 11.8. The molecule has 8 heterocycles. The van der Waals surface area contributed by atoms with E-state index < -0.39 is 0 Å². The first-order valence-corrected chi connectivity index (χ1v) is 22.8. The van der Waals surface area contributed by atoms with Gasteiger partial charge in [0.25, 0.3) is 0 Å². The third-order valence-electron chi connectivity index (χ3n) is 11.7. The Hall–Kier alpha value is -6.78. The molecule has 330 valence electrons. The number of benzene rings is 2. The quantitative estimate of drug-likeness (QED) is 0.140. The molecule has 0 radical (unpaired) electrons. The zero-order valence-electron chi connectivity index (χ0n) is 36.9. The molecule has 6 aromatic heterocycles. The molecule has 10 rings (SSSR count). The van der Waals surface area contributed by atoms with E-state index in [1.807, 2.05) is 24.8 Å². The molecule has 0 aliphatic carbocycles. The zero-order chi connectivity index (χ0) is 45.4. The summed E-state index contributed by atoms with van der Waals surface area (Å²) in [6.45, 7) is 17.9. The Kier molecular flexibility index (Phi) is 12.4. The number of nitrogens with zero attached hydrogens (tertiary/aromatic N) is 8. The molecular formula is C48H52N10O4S2. The highest BCUT2D eigenvalue weighted by molar-refractivity contribution is 7.23. The van der Waals surface area contributed by atoms with Crippen molar-refractivity contribution in [3.8, 4) is 32.4 Å². The van der Waals surface area contributed by atoms with Crippen molar-refractivity contribution in [3.63, 3.8) is 0 Å². The van der Waals surface area contributed by atoms with Gasteiger partial charge in [0.2, 0.25) is 11.8 Å². The molecule has 2 amide bonds. The van der Waals surface area contributed by atoms with Gasteiger partial charge < -0.3 is 39.9 Å². The molecule has 2 aromatic carbocycles. The highest BCUT2D eigenvalue weighted by Gasteiger charge is 2.33. The van der Waals surface area contributed by atoms with Crippen LogP contribution in [0.5, 0.6) is 11.5 Å². The Balaban J connectivity index is 0.000000169. The molecule has 2 fully saturated rings. The number of aromatic nitrogens is 6. The van der Waals surface area contributed by atoms with E-state index in [-0.39, 0.29) is 23.9 Å². The smallest absolute Gasteiger partial charge is 0.246 e. The standard InChI is InChI=1S/C24H25N5O2S.C22H21N5O2S.C2H6/c1-4-20(30)28-7-5-6-16(11-28)29-12-17(21-23(25)26-13-27-24(21)29)19-10-15-8-14(2)9-18(31-3)22(15)32-19;1-4-18(28)26-8-14(9-26)27-10-15(19-21(23)24-11-25-22(19)27)17-7-13-5-12(2)6-16(29-3)20(13)30-17;1-2/h4,8-10,12-13,16H,1,5-7,11H2,2-3H3,(H2,25,26,27);4-7,10-11,14H,1,8-9H2,2-3H3,(H2,23,24,25);1-2H3. The summed E-state index contributed by atoms with van der Waals surface area (Å²) in [5, 5.41) is 3.96. The lowest BCUT2D eigenvalue weighted by Gasteiger charge is -2.39. The number of hydrogen-bond acceptors (Lipinski definition) is 12. The minimum absolute atomic E-state index is 0.0347. The lowest BCUT2D eigenvalue weighted by Crippen LogP contribution is -2.50. The molecule has 0 saturated carbocycles. The van der Waals surface area contributed by atoms with Crippen LogP contribution in [0.4, 0.5) is 11.6 Å². The van der Waals surface area contributed by atoms with Crippen molar-refractivity contribution in [2.24, 2.45) is 0 Å². The van der Waals surface area contributed by atoms with Crippen LogP contribution in [-0.2, 0) is 9.59 Å². The number of likely N-dealkylation sites (tertiary alicyclic amines) is 2. The normalized spacial score (nSPS) is 15.1. The third-order valence-corrected chi connectivity index (χ3v) is 14.1. The Labute approximate surface area is 379 Å². The van der Waals surface area contributed by atoms with Crippen LogP contribution in [0.3, 0.4) is 0 Å². The van der Waals surface area contributed by atoms with Gasteiger partial charge in [-0.25, -0.2) is 19.9 Å². The minimum atomic E-state index is -0.0518. The number of thiophene rings is 2. The molecule has 2 saturated heterocycles. The highest BCUT2D eigenvalue weighted by Crippen LogP contribution is 2.45. The maximum Gasteiger partial charge on any atom is 0.246 e. The Morgan fingerprint density at radius 2 is 1.14 bits per heavy atom. The predicted molar refractivity (Wildman–Crippen MR) is 260 cm³/mol. The highest BCUT2D eigenvalue weighted by atomic mass is 32.1. The van der Waals surface area contributed by atoms with Crippen LogP contribution in [0.15, 0.2) is 86.8 Å². The van der Waals surface area contributed by atoms with E-state index in [9.17, 15) is 9.59 Å². The fourth-order valence-corrected chi connectivity index (χ4v) is 11.0. The van der Waals surface area contributed by atoms with E-state index in [4.69, 9.17) is 20.9 Å². The van der Waals surface area contributed by atoms with Crippen LogP contribution < -0.4 is 20.9 Å². The predicted octanol–water partition coefficient (Wildman–Crippen LogP) is 9.37. The summed E-state index contributed by atoms with van der Waals surface area (Å²) < 4.78 is 17.7. The van der Waals surface area contributed by atoms with Gasteiger partial charge in [-0.15, -0.1) is 22.7 Å². The van der Waals surface area contributed by atoms with Crippen LogP contribution in [-0.4, -0.2) is 91.1 Å². The number of aryl methyl sites for hydroxylation is 2. The molecule has 0 spiro atoms. The number of carbonyl (C=O) groups excluding carboxylic acids is 2. The van der Waals surface area contributed by atoms with Gasteiger partial charge in [0.1, 0.15) is 47.1 Å². The molecule has 2 aliphatic rings. The zero-order valence-corrected chi connectivity index (χ0v) is 38.6.